The van der Waals surface area contributed by atoms with E-state index in [4.69, 9.17) is 5.73 Å². The van der Waals surface area contributed by atoms with Crippen LogP contribution in [-0.4, -0.2) is 29.9 Å². The number of aryl methyl sites for hydroxylation is 1. The molecule has 1 aromatic carbocycles. The summed E-state index contributed by atoms with van der Waals surface area (Å²) in [4.78, 5) is 14.1. The quantitative estimate of drug-likeness (QED) is 0.891. The summed E-state index contributed by atoms with van der Waals surface area (Å²) < 4.78 is 13.8. The second-order valence-corrected chi connectivity index (χ2v) is 5.50. The molecule has 1 amide bonds. The number of piperidine rings is 1. The molecule has 3 nitrogen and oxygen atoms in total. The van der Waals surface area contributed by atoms with Crippen molar-refractivity contribution in [1.82, 2.24) is 4.90 Å². The van der Waals surface area contributed by atoms with Gasteiger partial charge in [-0.3, -0.25) is 4.79 Å². The molecule has 2 N–H and O–H groups in total. The number of carbonyl (C=O) groups is 1. The van der Waals surface area contributed by atoms with Crippen molar-refractivity contribution >= 4 is 5.91 Å². The molecule has 1 fully saturated rings. The van der Waals surface area contributed by atoms with E-state index in [-0.39, 0.29) is 17.5 Å². The third-order valence-corrected chi connectivity index (χ3v) is 3.84. The minimum absolute atomic E-state index is 0.0680. The Bertz CT molecular complexity index is 473. The first-order valence-corrected chi connectivity index (χ1v) is 6.80. The molecule has 0 aliphatic carbocycles. The van der Waals surface area contributed by atoms with Gasteiger partial charge in [0, 0.05) is 19.1 Å². The van der Waals surface area contributed by atoms with Crippen molar-refractivity contribution in [1.29, 1.82) is 0 Å². The van der Waals surface area contributed by atoms with Crippen molar-refractivity contribution in [2.24, 2.45) is 11.7 Å². The second kappa shape index (κ2) is 5.70. The fraction of sp³-hybridized carbons (Fsp3) is 0.533. The molecule has 1 aliphatic rings. The van der Waals surface area contributed by atoms with Gasteiger partial charge in [-0.2, -0.15) is 0 Å². The SMILES string of the molecule is Cc1ccc(C(=O)N2CCC[C@H]([C@@H](C)N)C2)c(F)c1. The van der Waals surface area contributed by atoms with Crippen LogP contribution in [0.3, 0.4) is 0 Å². The number of halogens is 1. The number of rotatable bonds is 2. The van der Waals surface area contributed by atoms with Crippen LogP contribution < -0.4 is 5.73 Å². The van der Waals surface area contributed by atoms with Gasteiger partial charge in [-0.05, 0) is 50.3 Å². The van der Waals surface area contributed by atoms with Gasteiger partial charge < -0.3 is 10.6 Å². The van der Waals surface area contributed by atoms with E-state index in [0.29, 0.717) is 19.0 Å². The lowest BCUT2D eigenvalue weighted by Crippen LogP contribution is -2.45. The van der Waals surface area contributed by atoms with Gasteiger partial charge in [0.2, 0.25) is 0 Å². The normalized spacial score (nSPS) is 21.3. The minimum Gasteiger partial charge on any atom is -0.338 e. The number of benzene rings is 1. The van der Waals surface area contributed by atoms with E-state index < -0.39 is 5.82 Å². The van der Waals surface area contributed by atoms with E-state index in [9.17, 15) is 9.18 Å². The number of hydrogen-bond donors (Lipinski definition) is 1. The molecule has 0 radical (unpaired) electrons. The first-order chi connectivity index (χ1) is 8.99. The lowest BCUT2D eigenvalue weighted by Gasteiger charge is -2.34. The summed E-state index contributed by atoms with van der Waals surface area (Å²) in [7, 11) is 0. The molecule has 2 rings (SSSR count). The summed E-state index contributed by atoms with van der Waals surface area (Å²) in [5, 5.41) is 0. The van der Waals surface area contributed by atoms with E-state index in [1.807, 2.05) is 13.8 Å². The highest BCUT2D eigenvalue weighted by atomic mass is 19.1. The van der Waals surface area contributed by atoms with Gasteiger partial charge in [-0.1, -0.05) is 6.07 Å². The first-order valence-electron chi connectivity index (χ1n) is 6.80. The molecule has 104 valence electrons. The zero-order chi connectivity index (χ0) is 14.0. The van der Waals surface area contributed by atoms with Gasteiger partial charge in [0.25, 0.3) is 5.91 Å². The van der Waals surface area contributed by atoms with Gasteiger partial charge >= 0.3 is 0 Å². The van der Waals surface area contributed by atoms with E-state index in [2.05, 4.69) is 0 Å². The van der Waals surface area contributed by atoms with Gasteiger partial charge in [0.15, 0.2) is 0 Å². The Morgan fingerprint density at radius 1 is 1.53 bits per heavy atom. The summed E-state index contributed by atoms with van der Waals surface area (Å²) in [6, 6.07) is 4.81. The summed E-state index contributed by atoms with van der Waals surface area (Å²) in [6.45, 7) is 5.09. The minimum atomic E-state index is -0.437. The van der Waals surface area contributed by atoms with Crippen LogP contribution in [0.1, 0.15) is 35.7 Å². The Morgan fingerprint density at radius 3 is 2.89 bits per heavy atom. The number of amides is 1. The van der Waals surface area contributed by atoms with Crippen molar-refractivity contribution in [3.05, 3.63) is 35.1 Å². The van der Waals surface area contributed by atoms with Crippen LogP contribution in [0.5, 0.6) is 0 Å². The fourth-order valence-corrected chi connectivity index (χ4v) is 2.59. The maximum Gasteiger partial charge on any atom is 0.256 e. The number of hydrogen-bond acceptors (Lipinski definition) is 2. The fourth-order valence-electron chi connectivity index (χ4n) is 2.59. The molecule has 1 aliphatic heterocycles. The number of nitrogens with zero attached hydrogens (tertiary/aromatic N) is 1. The van der Waals surface area contributed by atoms with Crippen molar-refractivity contribution in [3.63, 3.8) is 0 Å². The number of carbonyl (C=O) groups excluding carboxylic acids is 1. The Hall–Kier alpha value is -1.42. The van der Waals surface area contributed by atoms with Crippen LogP contribution in [0.25, 0.3) is 0 Å². The molecule has 0 saturated carbocycles. The molecule has 1 saturated heterocycles. The van der Waals surface area contributed by atoms with Gasteiger partial charge in [0.05, 0.1) is 5.56 Å². The third-order valence-electron chi connectivity index (χ3n) is 3.84. The molecule has 0 unspecified atom stereocenters. The molecule has 0 aromatic heterocycles. The maximum absolute atomic E-state index is 13.8. The highest BCUT2D eigenvalue weighted by Gasteiger charge is 2.27. The predicted octanol–water partition coefficient (Wildman–Crippen LogP) is 2.33. The Kier molecular flexibility index (Phi) is 4.20. The van der Waals surface area contributed by atoms with E-state index >= 15 is 0 Å². The molecular formula is C15H21FN2O. The van der Waals surface area contributed by atoms with Crippen LogP contribution in [0, 0.1) is 18.7 Å². The van der Waals surface area contributed by atoms with Gasteiger partial charge in [-0.25, -0.2) is 4.39 Å². The van der Waals surface area contributed by atoms with E-state index in [1.165, 1.54) is 6.07 Å². The standard InChI is InChI=1S/C15H21FN2O/c1-10-5-6-13(14(16)8-10)15(19)18-7-3-4-12(9-18)11(2)17/h5-6,8,11-12H,3-4,7,9,17H2,1-2H3/t11-,12+/m1/s1. The molecule has 1 heterocycles. The highest BCUT2D eigenvalue weighted by Crippen LogP contribution is 2.21. The smallest absolute Gasteiger partial charge is 0.256 e. The van der Waals surface area contributed by atoms with Crippen molar-refractivity contribution in [2.45, 2.75) is 32.7 Å². The van der Waals surface area contributed by atoms with Crippen molar-refractivity contribution in [2.75, 3.05) is 13.1 Å². The molecule has 0 spiro atoms. The topological polar surface area (TPSA) is 46.3 Å². The Balaban J connectivity index is 2.15. The Morgan fingerprint density at radius 2 is 2.26 bits per heavy atom. The van der Waals surface area contributed by atoms with Crippen LogP contribution >= 0.6 is 0 Å². The maximum atomic E-state index is 13.8. The summed E-state index contributed by atoms with van der Waals surface area (Å²) in [5.74, 6) is -0.345. The van der Waals surface area contributed by atoms with Gasteiger partial charge in [0.1, 0.15) is 5.82 Å². The third kappa shape index (κ3) is 3.13. The predicted molar refractivity (Wildman–Crippen MR) is 73.4 cm³/mol. The average Bonchev–Trinajstić information content (AvgIpc) is 2.38. The Labute approximate surface area is 113 Å². The van der Waals surface area contributed by atoms with Gasteiger partial charge in [-0.15, -0.1) is 0 Å². The summed E-state index contributed by atoms with van der Waals surface area (Å²) >= 11 is 0. The lowest BCUT2D eigenvalue weighted by molar-refractivity contribution is 0.0656. The van der Waals surface area contributed by atoms with Crippen LogP contribution in [-0.2, 0) is 0 Å². The van der Waals surface area contributed by atoms with E-state index in [1.54, 1.807) is 17.0 Å². The average molecular weight is 264 g/mol. The lowest BCUT2D eigenvalue weighted by atomic mass is 9.92. The molecule has 2 atom stereocenters. The molecule has 19 heavy (non-hydrogen) atoms. The molecule has 1 aromatic rings. The largest absolute Gasteiger partial charge is 0.338 e. The van der Waals surface area contributed by atoms with Crippen molar-refractivity contribution < 1.29 is 9.18 Å². The van der Waals surface area contributed by atoms with Crippen LogP contribution in [0.2, 0.25) is 0 Å². The monoisotopic (exact) mass is 264 g/mol. The van der Waals surface area contributed by atoms with E-state index in [0.717, 1.165) is 18.4 Å². The summed E-state index contributed by atoms with van der Waals surface area (Å²) in [5.41, 5.74) is 6.89. The van der Waals surface area contributed by atoms with Crippen molar-refractivity contribution in [3.8, 4) is 0 Å². The number of likely N-dealkylation sites (tertiary alicyclic amines) is 1. The number of nitrogens with two attached hydrogens (primary N) is 1. The zero-order valence-corrected chi connectivity index (χ0v) is 11.5. The second-order valence-electron chi connectivity index (χ2n) is 5.50. The first kappa shape index (κ1) is 14.0. The van der Waals surface area contributed by atoms with Crippen LogP contribution in [0.4, 0.5) is 4.39 Å². The van der Waals surface area contributed by atoms with Crippen LogP contribution in [0.15, 0.2) is 18.2 Å². The molecule has 0 bridgehead atoms. The summed E-state index contributed by atoms with van der Waals surface area (Å²) in [6.07, 6.45) is 1.98. The molecule has 4 heteroatoms. The molecular weight excluding hydrogens is 243 g/mol. The highest BCUT2D eigenvalue weighted by molar-refractivity contribution is 5.94. The zero-order valence-electron chi connectivity index (χ0n) is 11.5.